The highest BCUT2D eigenvalue weighted by Gasteiger charge is 2.39. The van der Waals surface area contributed by atoms with Crippen molar-refractivity contribution in [3.05, 3.63) is 12.7 Å². The van der Waals surface area contributed by atoms with Gasteiger partial charge in [0.1, 0.15) is 5.41 Å². The second-order valence-corrected chi connectivity index (χ2v) is 8.73. The number of hydrogen-bond acceptors (Lipinski definition) is 2. The number of allylic oxidation sites excluding steroid dienone is 1. The summed E-state index contributed by atoms with van der Waals surface area (Å²) in [6.07, 6.45) is 4.86. The predicted octanol–water partition coefficient (Wildman–Crippen LogP) is 2.10. The molecule has 3 heteroatoms. The minimum atomic E-state index is -1.89. The lowest BCUT2D eigenvalue weighted by Crippen LogP contribution is -2.51. The van der Waals surface area contributed by atoms with E-state index < -0.39 is 8.07 Å². The van der Waals surface area contributed by atoms with Crippen molar-refractivity contribution in [2.75, 3.05) is 6.61 Å². The summed E-state index contributed by atoms with van der Waals surface area (Å²) in [6.45, 7) is 8.53. The lowest BCUT2D eigenvalue weighted by Gasteiger charge is -2.32. The molecule has 0 amide bonds. The molecule has 1 atom stereocenters. The van der Waals surface area contributed by atoms with Gasteiger partial charge >= 0.3 is 0 Å². The Morgan fingerprint density at radius 2 is 2.23 bits per heavy atom. The van der Waals surface area contributed by atoms with Gasteiger partial charge in [0.15, 0.2) is 8.07 Å². The molecule has 2 nitrogen and oxygen atoms in total. The molecule has 0 aromatic heterocycles. The van der Waals surface area contributed by atoms with Crippen molar-refractivity contribution in [3.8, 4) is 0 Å². The van der Waals surface area contributed by atoms with E-state index in [2.05, 4.69) is 19.7 Å². The van der Waals surface area contributed by atoms with Crippen LogP contribution in [-0.4, -0.2) is 25.8 Å². The van der Waals surface area contributed by atoms with E-state index in [-0.39, 0.29) is 11.1 Å². The van der Waals surface area contributed by atoms with Crippen molar-refractivity contribution in [1.29, 1.82) is 0 Å². The summed E-state index contributed by atoms with van der Waals surface area (Å²) in [5, 5.41) is 0.222. The zero-order valence-corrected chi connectivity index (χ0v) is 9.51. The zero-order valence-electron chi connectivity index (χ0n) is 8.51. The molecule has 0 N–H and O–H groups in total. The van der Waals surface area contributed by atoms with Gasteiger partial charge in [0.25, 0.3) is 0 Å². The summed E-state index contributed by atoms with van der Waals surface area (Å²) in [4.78, 5) is 11.6. The number of carbonyl (C=O) groups is 1. The first-order valence-electron chi connectivity index (χ1n) is 4.87. The third-order valence-electron chi connectivity index (χ3n) is 2.81. The molecule has 74 valence electrons. The van der Waals surface area contributed by atoms with Crippen LogP contribution in [0, 0.1) is 0 Å². The largest absolute Gasteiger partial charge is 0.381 e. The highest BCUT2D eigenvalue weighted by Crippen LogP contribution is 2.23. The van der Waals surface area contributed by atoms with Gasteiger partial charge in [-0.15, -0.1) is 0 Å². The molecule has 0 aliphatic carbocycles. The smallest absolute Gasteiger partial charge is 0.163 e. The molecular weight excluding hydrogens is 180 g/mol. The van der Waals surface area contributed by atoms with Crippen LogP contribution in [0.1, 0.15) is 19.3 Å². The highest BCUT2D eigenvalue weighted by molar-refractivity contribution is 7.06. The van der Waals surface area contributed by atoms with Gasteiger partial charge in [-0.2, -0.15) is 0 Å². The molecule has 0 saturated carbocycles. The van der Waals surface area contributed by atoms with E-state index in [1.165, 1.54) is 12.5 Å². The second-order valence-electron chi connectivity index (χ2n) is 4.15. The Morgan fingerprint density at radius 3 is 2.69 bits per heavy atom. The molecule has 1 fully saturated rings. The quantitative estimate of drug-likeness (QED) is 0.513. The Balaban J connectivity index is 2.66. The molecule has 0 aromatic rings. The van der Waals surface area contributed by atoms with Crippen molar-refractivity contribution in [3.63, 3.8) is 0 Å². The summed E-state index contributed by atoms with van der Waals surface area (Å²) < 4.78 is 5.66. The highest BCUT2D eigenvalue weighted by atomic mass is 28.3. The van der Waals surface area contributed by atoms with Crippen molar-refractivity contribution in [2.45, 2.75) is 38.1 Å². The molecule has 13 heavy (non-hydrogen) atoms. The molecular formula is C10H18O2Si. The maximum absolute atomic E-state index is 11.6. The van der Waals surface area contributed by atoms with Crippen LogP contribution in [0.4, 0.5) is 0 Å². The first-order chi connectivity index (χ1) is 6.09. The van der Waals surface area contributed by atoms with Crippen molar-refractivity contribution in [1.82, 2.24) is 0 Å². The normalized spacial score (nSPS) is 24.0. The molecule has 0 aromatic carbocycles. The molecule has 1 unspecified atom stereocenters. The average molecular weight is 198 g/mol. The van der Waals surface area contributed by atoms with Crippen LogP contribution in [0.25, 0.3) is 0 Å². The van der Waals surface area contributed by atoms with Crippen LogP contribution in [0.3, 0.4) is 0 Å². The molecule has 0 spiro atoms. The van der Waals surface area contributed by atoms with E-state index in [1.54, 1.807) is 0 Å². The summed E-state index contributed by atoms with van der Waals surface area (Å²) in [5.41, 5.74) is 0.215. The van der Waals surface area contributed by atoms with Crippen LogP contribution in [0.5, 0.6) is 0 Å². The lowest BCUT2D eigenvalue weighted by atomic mass is 10.2. The first kappa shape index (κ1) is 10.7. The van der Waals surface area contributed by atoms with Gasteiger partial charge in [-0.1, -0.05) is 19.7 Å². The van der Waals surface area contributed by atoms with Gasteiger partial charge in [0.2, 0.25) is 0 Å². The molecule has 1 aliphatic rings. The maximum Gasteiger partial charge on any atom is 0.163 e. The third-order valence-corrected chi connectivity index (χ3v) is 6.34. The first-order valence-corrected chi connectivity index (χ1v) is 7.95. The number of carbonyl (C=O) groups excluding carboxylic acids is 1. The van der Waals surface area contributed by atoms with Gasteiger partial charge in [-0.3, -0.25) is 0 Å². The van der Waals surface area contributed by atoms with Gasteiger partial charge in [-0.25, -0.2) is 0 Å². The molecule has 1 saturated heterocycles. The zero-order chi connectivity index (χ0) is 9.90. The van der Waals surface area contributed by atoms with Crippen LogP contribution in [-0.2, 0) is 9.53 Å². The molecule has 1 heterocycles. The number of ether oxygens (including phenoxy) is 1. The summed E-state index contributed by atoms with van der Waals surface area (Å²) in [5.74, 6) is 0. The van der Waals surface area contributed by atoms with Crippen molar-refractivity contribution >= 4 is 13.5 Å². The SMILES string of the molecule is C=CC(=O)[Si](C)(C)C1CCCCO1. The van der Waals surface area contributed by atoms with Gasteiger partial charge < -0.3 is 9.53 Å². The van der Waals surface area contributed by atoms with Crippen molar-refractivity contribution < 1.29 is 9.53 Å². The molecule has 0 radical (unpaired) electrons. The number of rotatable bonds is 3. The monoisotopic (exact) mass is 198 g/mol. The van der Waals surface area contributed by atoms with Gasteiger partial charge in [0.05, 0.1) is 5.73 Å². The van der Waals surface area contributed by atoms with Crippen molar-refractivity contribution in [2.24, 2.45) is 0 Å². The Kier molecular flexibility index (Phi) is 3.45. The van der Waals surface area contributed by atoms with E-state index >= 15 is 0 Å². The third kappa shape index (κ3) is 2.29. The van der Waals surface area contributed by atoms with Crippen LogP contribution in [0.15, 0.2) is 12.7 Å². The van der Waals surface area contributed by atoms with Gasteiger partial charge in [0, 0.05) is 6.61 Å². The Morgan fingerprint density at radius 1 is 1.54 bits per heavy atom. The minimum Gasteiger partial charge on any atom is -0.381 e. The second kappa shape index (κ2) is 4.20. The van der Waals surface area contributed by atoms with E-state index in [0.717, 1.165) is 19.4 Å². The average Bonchev–Trinajstić information content (AvgIpc) is 2.18. The standard InChI is InChI=1S/C10H18O2Si/c1-4-9(11)13(2,3)10-7-5-6-8-12-10/h4,10H,1,5-8H2,2-3H3. The summed E-state index contributed by atoms with van der Waals surface area (Å²) in [6, 6.07) is 0. The van der Waals surface area contributed by atoms with Crippen LogP contribution in [0.2, 0.25) is 13.1 Å². The maximum atomic E-state index is 11.6. The van der Waals surface area contributed by atoms with Crippen LogP contribution < -0.4 is 0 Å². The predicted molar refractivity (Wildman–Crippen MR) is 56.3 cm³/mol. The lowest BCUT2D eigenvalue weighted by molar-refractivity contribution is -0.109. The fraction of sp³-hybridized carbons (Fsp3) is 0.700. The summed E-state index contributed by atoms with van der Waals surface area (Å²) >= 11 is 0. The topological polar surface area (TPSA) is 26.3 Å². The fourth-order valence-electron chi connectivity index (χ4n) is 1.73. The molecule has 1 aliphatic heterocycles. The number of hydrogen-bond donors (Lipinski definition) is 0. The summed E-state index contributed by atoms with van der Waals surface area (Å²) in [7, 11) is -1.89. The van der Waals surface area contributed by atoms with E-state index in [1.807, 2.05) is 0 Å². The van der Waals surface area contributed by atoms with Crippen LogP contribution >= 0.6 is 0 Å². The van der Waals surface area contributed by atoms with E-state index in [9.17, 15) is 4.79 Å². The molecule has 0 bridgehead atoms. The van der Waals surface area contributed by atoms with Gasteiger partial charge in [-0.05, 0) is 25.3 Å². The Bertz CT molecular complexity index is 205. The van der Waals surface area contributed by atoms with E-state index in [0.29, 0.717) is 0 Å². The molecule has 1 rings (SSSR count). The fourth-order valence-corrected chi connectivity index (χ4v) is 4.04. The minimum absolute atomic E-state index is 0.215. The van der Waals surface area contributed by atoms with E-state index in [4.69, 9.17) is 4.74 Å². The Labute approximate surface area is 81.0 Å². The Hall–Kier alpha value is -0.413.